The summed E-state index contributed by atoms with van der Waals surface area (Å²) in [5, 5.41) is 11.8. The molecule has 1 aromatic carbocycles. The zero-order valence-electron chi connectivity index (χ0n) is 16.4. The van der Waals surface area contributed by atoms with Gasteiger partial charge in [-0.2, -0.15) is 0 Å². The molecule has 6 nitrogen and oxygen atoms in total. The van der Waals surface area contributed by atoms with Crippen LogP contribution in [0.3, 0.4) is 0 Å². The number of hydrogen-bond acceptors (Lipinski definition) is 5. The lowest BCUT2D eigenvalue weighted by atomic mass is 9.87. The van der Waals surface area contributed by atoms with Gasteiger partial charge in [0, 0.05) is 11.6 Å². The number of carbonyl (C=O) groups excluding carboxylic acids is 1. The van der Waals surface area contributed by atoms with Crippen LogP contribution in [0.5, 0.6) is 0 Å². The number of nitrogen functional groups attached to an aromatic ring is 1. The van der Waals surface area contributed by atoms with Crippen LogP contribution in [0.1, 0.15) is 47.1 Å². The second-order valence-corrected chi connectivity index (χ2v) is 8.83. The summed E-state index contributed by atoms with van der Waals surface area (Å²) in [6.45, 7) is 12.7. The third-order valence-corrected chi connectivity index (χ3v) is 5.34. The summed E-state index contributed by atoms with van der Waals surface area (Å²) in [7, 11) is 0. The highest BCUT2D eigenvalue weighted by Crippen LogP contribution is 2.26. The Kier molecular flexibility index (Phi) is 6.34. The number of aromatic nitrogens is 3. The minimum absolute atomic E-state index is 0.0321. The fraction of sp³-hybridized carbons (Fsp3) is 0.526. The van der Waals surface area contributed by atoms with Gasteiger partial charge in [0.25, 0.3) is 0 Å². The Morgan fingerprint density at radius 1 is 1.19 bits per heavy atom. The molecular weight excluding hydrogens is 346 g/mol. The van der Waals surface area contributed by atoms with Crippen molar-refractivity contribution < 1.29 is 4.79 Å². The Bertz CT molecular complexity index is 746. The Morgan fingerprint density at radius 3 is 2.35 bits per heavy atom. The molecule has 1 heterocycles. The van der Waals surface area contributed by atoms with Crippen molar-refractivity contribution in [3.8, 4) is 11.4 Å². The average Bonchev–Trinajstić information content (AvgIpc) is 2.93. The van der Waals surface area contributed by atoms with E-state index < -0.39 is 0 Å². The number of nitrogens with two attached hydrogens (primary N) is 1. The molecule has 0 saturated carbocycles. The molecule has 0 bridgehead atoms. The first-order chi connectivity index (χ1) is 12.1. The normalized spacial score (nSPS) is 13.0. The monoisotopic (exact) mass is 375 g/mol. The lowest BCUT2D eigenvalue weighted by Crippen LogP contribution is -2.37. The van der Waals surface area contributed by atoms with Crippen LogP contribution in [0.4, 0.5) is 0 Å². The summed E-state index contributed by atoms with van der Waals surface area (Å²) in [4.78, 5) is 12.0. The zero-order chi connectivity index (χ0) is 19.5. The van der Waals surface area contributed by atoms with Crippen LogP contribution >= 0.6 is 11.8 Å². The number of amides is 1. The van der Waals surface area contributed by atoms with Crippen LogP contribution in [0.2, 0.25) is 0 Å². The lowest BCUT2D eigenvalue weighted by molar-refractivity contribution is -0.119. The number of benzene rings is 1. The molecule has 142 valence electrons. The Balaban J connectivity index is 2.05. The smallest absolute Gasteiger partial charge is 0.230 e. The molecule has 0 radical (unpaired) electrons. The van der Waals surface area contributed by atoms with Crippen LogP contribution < -0.4 is 11.2 Å². The van der Waals surface area contributed by atoms with Crippen molar-refractivity contribution in [3.63, 3.8) is 0 Å². The van der Waals surface area contributed by atoms with Crippen molar-refractivity contribution in [1.29, 1.82) is 0 Å². The van der Waals surface area contributed by atoms with Gasteiger partial charge in [-0.3, -0.25) is 4.79 Å². The van der Waals surface area contributed by atoms with E-state index in [1.165, 1.54) is 22.0 Å². The number of thioether (sulfide) groups is 1. The first-order valence-electron chi connectivity index (χ1n) is 8.83. The summed E-state index contributed by atoms with van der Waals surface area (Å²) in [5.74, 6) is 7.34. The standard InChI is InChI=1S/C19H29N5OS/c1-12(2)13(3)21-16(25)11-26-18-23-22-17(24(18)20)14-7-9-15(10-8-14)19(4,5)6/h7-10,12-13H,11,20H2,1-6H3,(H,21,25)/t13-/m0/s1. The molecule has 0 spiro atoms. The number of carbonyl (C=O) groups is 1. The molecule has 0 aliphatic rings. The van der Waals surface area contributed by atoms with E-state index in [4.69, 9.17) is 5.84 Å². The maximum absolute atomic E-state index is 12.0. The Morgan fingerprint density at radius 2 is 1.81 bits per heavy atom. The molecule has 2 aromatic rings. The minimum atomic E-state index is -0.0321. The van der Waals surface area contributed by atoms with Gasteiger partial charge in [-0.05, 0) is 23.8 Å². The van der Waals surface area contributed by atoms with E-state index in [9.17, 15) is 4.79 Å². The van der Waals surface area contributed by atoms with Gasteiger partial charge in [-0.25, -0.2) is 4.68 Å². The molecule has 1 aromatic heterocycles. The van der Waals surface area contributed by atoms with E-state index in [0.717, 1.165) is 5.56 Å². The highest BCUT2D eigenvalue weighted by atomic mass is 32.2. The van der Waals surface area contributed by atoms with Crippen molar-refractivity contribution in [2.75, 3.05) is 11.6 Å². The Labute approximate surface area is 159 Å². The van der Waals surface area contributed by atoms with E-state index in [0.29, 0.717) is 16.9 Å². The number of rotatable bonds is 6. The predicted molar refractivity (Wildman–Crippen MR) is 107 cm³/mol. The first-order valence-corrected chi connectivity index (χ1v) is 9.81. The van der Waals surface area contributed by atoms with Crippen LogP contribution in [0.25, 0.3) is 11.4 Å². The van der Waals surface area contributed by atoms with E-state index in [-0.39, 0.29) is 23.1 Å². The fourth-order valence-electron chi connectivity index (χ4n) is 2.28. The van der Waals surface area contributed by atoms with E-state index in [2.05, 4.69) is 62.3 Å². The molecule has 0 saturated heterocycles. The third-order valence-electron chi connectivity index (χ3n) is 4.39. The van der Waals surface area contributed by atoms with Crippen molar-refractivity contribution in [2.24, 2.45) is 5.92 Å². The van der Waals surface area contributed by atoms with Crippen molar-refractivity contribution in [2.45, 2.75) is 58.2 Å². The molecule has 7 heteroatoms. The summed E-state index contributed by atoms with van der Waals surface area (Å²) in [5.41, 5.74) is 2.24. The van der Waals surface area contributed by atoms with E-state index in [1.807, 2.05) is 19.1 Å². The number of nitrogens with one attached hydrogen (secondary N) is 1. The minimum Gasteiger partial charge on any atom is -0.353 e. The van der Waals surface area contributed by atoms with Crippen LogP contribution in [-0.4, -0.2) is 32.6 Å². The molecule has 0 aliphatic carbocycles. The summed E-state index contributed by atoms with van der Waals surface area (Å²) < 4.78 is 1.44. The Hall–Kier alpha value is -2.02. The summed E-state index contributed by atoms with van der Waals surface area (Å²) in [6.07, 6.45) is 0. The second kappa shape index (κ2) is 8.12. The van der Waals surface area contributed by atoms with Gasteiger partial charge >= 0.3 is 0 Å². The lowest BCUT2D eigenvalue weighted by Gasteiger charge is -2.19. The van der Waals surface area contributed by atoms with Crippen molar-refractivity contribution in [3.05, 3.63) is 29.8 Å². The van der Waals surface area contributed by atoms with Gasteiger partial charge in [-0.1, -0.05) is 70.6 Å². The highest BCUT2D eigenvalue weighted by Gasteiger charge is 2.17. The molecule has 3 N–H and O–H groups in total. The van der Waals surface area contributed by atoms with Gasteiger partial charge in [0.15, 0.2) is 5.82 Å². The third kappa shape index (κ3) is 5.00. The van der Waals surface area contributed by atoms with Gasteiger partial charge < -0.3 is 11.2 Å². The summed E-state index contributed by atoms with van der Waals surface area (Å²) in [6, 6.07) is 8.30. The highest BCUT2D eigenvalue weighted by molar-refractivity contribution is 7.99. The quantitative estimate of drug-likeness (QED) is 0.598. The number of hydrogen-bond donors (Lipinski definition) is 2. The van der Waals surface area contributed by atoms with E-state index in [1.54, 1.807) is 0 Å². The maximum Gasteiger partial charge on any atom is 0.230 e. The fourth-order valence-corrected chi connectivity index (χ4v) is 2.95. The molecule has 0 aliphatic heterocycles. The molecule has 0 fully saturated rings. The van der Waals surface area contributed by atoms with Gasteiger partial charge in [-0.15, -0.1) is 10.2 Å². The van der Waals surface area contributed by atoms with Crippen LogP contribution in [-0.2, 0) is 10.2 Å². The first kappa shape index (κ1) is 20.3. The SMILES string of the molecule is CC(C)[C@H](C)NC(=O)CSc1nnc(-c2ccc(C(C)(C)C)cc2)n1N. The van der Waals surface area contributed by atoms with Gasteiger partial charge in [0.2, 0.25) is 11.1 Å². The predicted octanol–water partition coefficient (Wildman–Crippen LogP) is 3.21. The molecule has 0 unspecified atom stereocenters. The van der Waals surface area contributed by atoms with Crippen LogP contribution in [0, 0.1) is 5.92 Å². The average molecular weight is 376 g/mol. The molecular formula is C19H29N5OS. The largest absolute Gasteiger partial charge is 0.353 e. The second-order valence-electron chi connectivity index (χ2n) is 7.89. The topological polar surface area (TPSA) is 85.8 Å². The van der Waals surface area contributed by atoms with Crippen LogP contribution in [0.15, 0.2) is 29.4 Å². The van der Waals surface area contributed by atoms with Gasteiger partial charge in [0.1, 0.15) is 0 Å². The number of nitrogens with zero attached hydrogens (tertiary/aromatic N) is 3. The molecule has 1 amide bonds. The van der Waals surface area contributed by atoms with Gasteiger partial charge in [0.05, 0.1) is 5.75 Å². The van der Waals surface area contributed by atoms with Crippen molar-refractivity contribution in [1.82, 2.24) is 20.2 Å². The molecule has 2 rings (SSSR count). The van der Waals surface area contributed by atoms with E-state index >= 15 is 0 Å². The molecule has 1 atom stereocenters. The maximum atomic E-state index is 12.0. The molecule has 26 heavy (non-hydrogen) atoms. The van der Waals surface area contributed by atoms with Crippen molar-refractivity contribution >= 4 is 17.7 Å². The zero-order valence-corrected chi connectivity index (χ0v) is 17.2. The summed E-state index contributed by atoms with van der Waals surface area (Å²) >= 11 is 1.28.